The molecule has 8 atom stereocenters. The van der Waals surface area contributed by atoms with E-state index in [2.05, 4.69) is 6.58 Å². The molecule has 3 saturated carbocycles. The maximum absolute atomic E-state index is 17.2. The lowest BCUT2D eigenvalue weighted by molar-refractivity contribution is -0.231. The van der Waals surface area contributed by atoms with Gasteiger partial charge in [-0.15, -0.1) is 0 Å². The first-order valence-corrected chi connectivity index (χ1v) is 11.6. The number of hydrogen-bond acceptors (Lipinski definition) is 6. The molecule has 3 fully saturated rings. The van der Waals surface area contributed by atoms with Crippen molar-refractivity contribution in [3.05, 3.63) is 23.8 Å². The summed E-state index contributed by atoms with van der Waals surface area (Å²) >= 11 is 0. The Balaban J connectivity index is 1.80. The minimum atomic E-state index is -2.04. The van der Waals surface area contributed by atoms with Gasteiger partial charge < -0.3 is 20.1 Å². The van der Waals surface area contributed by atoms with Crippen LogP contribution in [-0.4, -0.2) is 63.6 Å². The molecule has 0 saturated heterocycles. The minimum Gasteiger partial charge on any atom is -0.390 e. The Morgan fingerprint density at radius 2 is 2.00 bits per heavy atom. The van der Waals surface area contributed by atoms with Crippen LogP contribution < -0.4 is 0 Å². The molecule has 0 aromatic rings. The largest absolute Gasteiger partial charge is 0.390 e. The summed E-state index contributed by atoms with van der Waals surface area (Å²) < 4.78 is 23.1. The average Bonchev–Trinajstić information content (AvgIpc) is 2.95. The molecule has 4 aliphatic carbocycles. The molecule has 0 radical (unpaired) electrons. The van der Waals surface area contributed by atoms with Gasteiger partial charge in [0.25, 0.3) is 0 Å². The zero-order valence-corrected chi connectivity index (χ0v) is 19.2. The first-order chi connectivity index (χ1) is 14.9. The van der Waals surface area contributed by atoms with E-state index >= 15 is 4.39 Å². The highest BCUT2D eigenvalue weighted by Crippen LogP contribution is 2.70. The van der Waals surface area contributed by atoms with Crippen molar-refractivity contribution in [1.29, 1.82) is 0 Å². The number of hydrogen-bond donors (Lipinski definition) is 3. The van der Waals surface area contributed by atoms with Gasteiger partial charge in [-0.25, -0.2) is 4.39 Å². The van der Waals surface area contributed by atoms with E-state index < -0.39 is 58.5 Å². The van der Waals surface area contributed by atoms with E-state index in [0.717, 1.165) is 11.1 Å². The van der Waals surface area contributed by atoms with E-state index in [-0.39, 0.29) is 31.7 Å². The molecule has 6 nitrogen and oxygen atoms in total. The molecule has 1 unspecified atom stereocenters. The van der Waals surface area contributed by atoms with E-state index in [4.69, 9.17) is 4.74 Å². The molecule has 7 heteroatoms. The standard InChI is InChI=1S/C25H35FO6/c1-14(2)13-32-21-10-18-17-6-5-15-9-16(28)7-8-22(15,3)24(17,26)19(29)11-23(18,4)25(21,31)20(30)12-27/h9,17-19,21,27,29,31H,1,5-8,10-13H2,2-4H3/t17-,18-,19-,21+,22-,23-,24?,25+/m0/s1. The maximum atomic E-state index is 17.2. The Hall–Kier alpha value is -1.41. The first-order valence-electron chi connectivity index (χ1n) is 11.6. The number of alkyl halides is 1. The van der Waals surface area contributed by atoms with Crippen LogP contribution in [0.25, 0.3) is 0 Å². The van der Waals surface area contributed by atoms with Gasteiger partial charge in [-0.05, 0) is 51.0 Å². The molecule has 0 spiro atoms. The highest BCUT2D eigenvalue weighted by molar-refractivity contribution is 5.92. The highest BCUT2D eigenvalue weighted by atomic mass is 19.1. The van der Waals surface area contributed by atoms with Gasteiger partial charge in [0.2, 0.25) is 0 Å². The number of halogens is 1. The van der Waals surface area contributed by atoms with Crippen molar-refractivity contribution in [2.45, 2.75) is 82.8 Å². The molecule has 178 valence electrons. The fraction of sp³-hybridized carbons (Fsp3) is 0.760. The molecule has 32 heavy (non-hydrogen) atoms. The van der Waals surface area contributed by atoms with Crippen molar-refractivity contribution < 1.29 is 34.0 Å². The van der Waals surface area contributed by atoms with E-state index in [1.807, 2.05) is 0 Å². The van der Waals surface area contributed by atoms with Crippen molar-refractivity contribution in [2.75, 3.05) is 13.2 Å². The predicted molar refractivity (Wildman–Crippen MR) is 115 cm³/mol. The number of rotatable bonds is 5. The second-order valence-electron chi connectivity index (χ2n) is 11.0. The van der Waals surface area contributed by atoms with Crippen molar-refractivity contribution in [3.63, 3.8) is 0 Å². The van der Waals surface area contributed by atoms with Gasteiger partial charge in [0.05, 0.1) is 18.8 Å². The van der Waals surface area contributed by atoms with Crippen LogP contribution >= 0.6 is 0 Å². The van der Waals surface area contributed by atoms with Crippen LogP contribution in [0.5, 0.6) is 0 Å². The quantitative estimate of drug-likeness (QED) is 0.556. The normalized spacial score (nSPS) is 47.8. The minimum absolute atomic E-state index is 0.00768. The molecule has 0 amide bonds. The van der Waals surface area contributed by atoms with Gasteiger partial charge in [-0.2, -0.15) is 0 Å². The molecule has 0 heterocycles. The van der Waals surface area contributed by atoms with Crippen LogP contribution in [0.4, 0.5) is 4.39 Å². The molecule has 0 aliphatic heterocycles. The van der Waals surface area contributed by atoms with Gasteiger partial charge >= 0.3 is 0 Å². The molecule has 4 aliphatic rings. The second kappa shape index (κ2) is 7.55. The van der Waals surface area contributed by atoms with Crippen molar-refractivity contribution in [3.8, 4) is 0 Å². The number of Topliss-reactive ketones (excluding diaryl/α,β-unsaturated/α-hetero) is 1. The van der Waals surface area contributed by atoms with Gasteiger partial charge in [0.1, 0.15) is 12.3 Å². The van der Waals surface area contributed by atoms with E-state index in [0.29, 0.717) is 19.3 Å². The molecule has 3 N–H and O–H groups in total. The molecule has 0 aromatic carbocycles. The third-order valence-electron chi connectivity index (χ3n) is 9.34. The van der Waals surface area contributed by atoms with E-state index in [1.54, 1.807) is 26.8 Å². The van der Waals surface area contributed by atoms with Crippen molar-refractivity contribution in [2.24, 2.45) is 22.7 Å². The summed E-state index contributed by atoms with van der Waals surface area (Å²) in [7, 11) is 0. The number of carbonyl (C=O) groups is 2. The highest BCUT2D eigenvalue weighted by Gasteiger charge is 2.76. The first kappa shape index (κ1) is 23.7. The zero-order valence-electron chi connectivity index (χ0n) is 19.2. The lowest BCUT2D eigenvalue weighted by Gasteiger charge is -2.63. The van der Waals surface area contributed by atoms with Gasteiger partial charge in [0.15, 0.2) is 17.2 Å². The molecule has 4 rings (SSSR count). The van der Waals surface area contributed by atoms with Crippen LogP contribution in [-0.2, 0) is 14.3 Å². The van der Waals surface area contributed by atoms with Crippen LogP contribution in [0.2, 0.25) is 0 Å². The smallest absolute Gasteiger partial charge is 0.192 e. The Bertz CT molecular complexity index is 884. The van der Waals surface area contributed by atoms with E-state index in [9.17, 15) is 24.9 Å². The average molecular weight is 451 g/mol. The van der Waals surface area contributed by atoms with Crippen LogP contribution in [0.15, 0.2) is 23.8 Å². The fourth-order valence-corrected chi connectivity index (χ4v) is 7.61. The van der Waals surface area contributed by atoms with Gasteiger partial charge in [-0.3, -0.25) is 9.59 Å². The second-order valence-corrected chi connectivity index (χ2v) is 11.0. The summed E-state index contributed by atoms with van der Waals surface area (Å²) in [5.41, 5.74) is -4.67. The third kappa shape index (κ3) is 2.84. The van der Waals surface area contributed by atoms with Crippen LogP contribution in [0, 0.1) is 22.7 Å². The molecular weight excluding hydrogens is 415 g/mol. The third-order valence-corrected chi connectivity index (χ3v) is 9.34. The summed E-state index contributed by atoms with van der Waals surface area (Å²) in [6.45, 7) is 8.38. The monoisotopic (exact) mass is 450 g/mol. The summed E-state index contributed by atoms with van der Waals surface area (Å²) in [5, 5.41) is 32.7. The lowest BCUT2D eigenvalue weighted by Crippen LogP contribution is -2.70. The number of aliphatic hydroxyl groups is 3. The van der Waals surface area contributed by atoms with Crippen LogP contribution in [0.3, 0.4) is 0 Å². The Kier molecular flexibility index (Phi) is 5.60. The maximum Gasteiger partial charge on any atom is 0.192 e. The SMILES string of the molecule is C=C(C)CO[C@@H]1C[C@H]2[C@@H]3CCC4=CC(=O)CC[C@]4(C)C3(F)[C@@H](O)C[C@]2(C)[C@@]1(O)C(=O)CO. The molecule has 0 aromatic heterocycles. The fourth-order valence-electron chi connectivity index (χ4n) is 7.61. The number of allylic oxidation sites excluding steroid dienone is 1. The summed E-state index contributed by atoms with van der Waals surface area (Å²) in [6, 6.07) is 0. The predicted octanol–water partition coefficient (Wildman–Crippen LogP) is 2.44. The number of aliphatic hydroxyl groups excluding tert-OH is 2. The van der Waals surface area contributed by atoms with Crippen LogP contribution in [0.1, 0.15) is 59.3 Å². The number of carbonyl (C=O) groups excluding carboxylic acids is 2. The topological polar surface area (TPSA) is 104 Å². The van der Waals surface area contributed by atoms with E-state index in [1.165, 1.54) is 0 Å². The summed E-state index contributed by atoms with van der Waals surface area (Å²) in [6.07, 6.45) is 0.862. The van der Waals surface area contributed by atoms with Gasteiger partial charge in [0, 0.05) is 23.2 Å². The molecule has 0 bridgehead atoms. The summed E-state index contributed by atoms with van der Waals surface area (Å²) in [5.74, 6) is -1.81. The lowest BCUT2D eigenvalue weighted by atomic mass is 9.44. The van der Waals surface area contributed by atoms with Crippen molar-refractivity contribution >= 4 is 11.6 Å². The Morgan fingerprint density at radius 3 is 2.62 bits per heavy atom. The Labute approximate surface area is 188 Å². The Morgan fingerprint density at radius 1 is 1.31 bits per heavy atom. The number of fused-ring (bicyclic) bond motifs is 5. The summed E-state index contributed by atoms with van der Waals surface area (Å²) in [4.78, 5) is 24.9. The number of ketones is 2. The van der Waals surface area contributed by atoms with Crippen molar-refractivity contribution in [1.82, 2.24) is 0 Å². The zero-order chi connectivity index (χ0) is 23.7. The van der Waals surface area contributed by atoms with Gasteiger partial charge in [-0.1, -0.05) is 31.6 Å². The number of ether oxygens (including phenoxy) is 1. The molecular formula is C25H35FO6.